The number of benzene rings is 2. The summed E-state index contributed by atoms with van der Waals surface area (Å²) in [5.41, 5.74) is 0.867. The first-order valence-electron chi connectivity index (χ1n) is 9.77. The van der Waals surface area contributed by atoms with Gasteiger partial charge in [0.15, 0.2) is 5.16 Å². The molecule has 1 aliphatic rings. The Bertz CT molecular complexity index is 1340. The molecule has 3 heterocycles. The fourth-order valence-electron chi connectivity index (χ4n) is 3.64. The van der Waals surface area contributed by atoms with E-state index in [0.29, 0.717) is 40.1 Å². The molecule has 1 atom stereocenters. The summed E-state index contributed by atoms with van der Waals surface area (Å²) >= 11 is 1.29. The molecule has 1 unspecified atom stereocenters. The average molecular weight is 421 g/mol. The molecule has 1 fully saturated rings. The Hall–Kier alpha value is -3.04. The summed E-state index contributed by atoms with van der Waals surface area (Å²) in [6, 6.07) is 14.4. The highest BCUT2D eigenvalue weighted by atomic mass is 32.2. The molecule has 30 heavy (non-hydrogen) atoms. The zero-order chi connectivity index (χ0) is 20.5. The molecule has 1 aliphatic heterocycles. The number of aromatic nitrogens is 5. The SMILES string of the molecule is O=c1c2ccccc2nnn1CSc1nc2ccccc2c(=O)n1CC1CCCO1. The normalized spacial score (nSPS) is 16.5. The molecular weight excluding hydrogens is 402 g/mol. The Kier molecular flexibility index (Phi) is 5.06. The van der Waals surface area contributed by atoms with Crippen LogP contribution in [0.15, 0.2) is 63.3 Å². The van der Waals surface area contributed by atoms with Gasteiger partial charge in [0.1, 0.15) is 5.52 Å². The van der Waals surface area contributed by atoms with Gasteiger partial charge < -0.3 is 4.74 Å². The molecular formula is C21H19N5O3S. The van der Waals surface area contributed by atoms with E-state index in [-0.39, 0.29) is 23.1 Å². The summed E-state index contributed by atoms with van der Waals surface area (Å²) in [7, 11) is 0. The number of ether oxygens (including phenoxy) is 1. The van der Waals surface area contributed by atoms with Crippen molar-refractivity contribution in [3.63, 3.8) is 0 Å². The molecule has 0 saturated carbocycles. The lowest BCUT2D eigenvalue weighted by Gasteiger charge is -2.16. The second-order valence-corrected chi connectivity index (χ2v) is 8.06. The number of rotatable bonds is 5. The molecule has 0 spiro atoms. The van der Waals surface area contributed by atoms with Crippen LogP contribution in [-0.4, -0.2) is 37.3 Å². The number of nitrogens with zero attached hydrogens (tertiary/aromatic N) is 5. The monoisotopic (exact) mass is 421 g/mol. The number of para-hydroxylation sites is 1. The highest BCUT2D eigenvalue weighted by Crippen LogP contribution is 2.21. The lowest BCUT2D eigenvalue weighted by molar-refractivity contribution is 0.0937. The van der Waals surface area contributed by atoms with Crippen LogP contribution in [0.4, 0.5) is 0 Å². The molecule has 8 nitrogen and oxygen atoms in total. The van der Waals surface area contributed by atoms with Gasteiger partial charge in [0.25, 0.3) is 11.1 Å². The summed E-state index contributed by atoms with van der Waals surface area (Å²) in [5.74, 6) is 0.201. The van der Waals surface area contributed by atoms with Crippen LogP contribution in [-0.2, 0) is 17.2 Å². The summed E-state index contributed by atoms with van der Waals surface area (Å²) in [6.45, 7) is 1.16. The third-order valence-corrected chi connectivity index (χ3v) is 6.13. The van der Waals surface area contributed by atoms with E-state index in [1.165, 1.54) is 16.4 Å². The van der Waals surface area contributed by atoms with Crippen LogP contribution in [0.25, 0.3) is 21.8 Å². The molecule has 152 valence electrons. The van der Waals surface area contributed by atoms with Crippen molar-refractivity contribution in [1.82, 2.24) is 24.5 Å². The molecule has 4 aromatic rings. The van der Waals surface area contributed by atoms with Crippen molar-refractivity contribution in [1.29, 1.82) is 0 Å². The van der Waals surface area contributed by atoms with Gasteiger partial charge in [-0.2, -0.15) is 4.68 Å². The van der Waals surface area contributed by atoms with Crippen molar-refractivity contribution in [2.45, 2.75) is 36.5 Å². The summed E-state index contributed by atoms with van der Waals surface area (Å²) < 4.78 is 8.69. The fraction of sp³-hybridized carbons (Fsp3) is 0.286. The third kappa shape index (κ3) is 3.50. The molecule has 5 rings (SSSR count). The van der Waals surface area contributed by atoms with E-state index in [1.54, 1.807) is 28.8 Å². The predicted molar refractivity (Wildman–Crippen MR) is 115 cm³/mol. The van der Waals surface area contributed by atoms with Gasteiger partial charge in [-0.1, -0.05) is 41.2 Å². The molecule has 1 saturated heterocycles. The van der Waals surface area contributed by atoms with E-state index in [2.05, 4.69) is 10.3 Å². The molecule has 0 amide bonds. The van der Waals surface area contributed by atoms with E-state index in [4.69, 9.17) is 9.72 Å². The van der Waals surface area contributed by atoms with Gasteiger partial charge in [0.2, 0.25) is 0 Å². The first-order valence-corrected chi connectivity index (χ1v) is 10.8. The number of fused-ring (bicyclic) bond motifs is 2. The van der Waals surface area contributed by atoms with Crippen LogP contribution < -0.4 is 11.1 Å². The van der Waals surface area contributed by atoms with Crippen LogP contribution in [0.2, 0.25) is 0 Å². The lowest BCUT2D eigenvalue weighted by Crippen LogP contribution is -2.29. The Morgan fingerprint density at radius 2 is 1.73 bits per heavy atom. The van der Waals surface area contributed by atoms with Gasteiger partial charge in [0, 0.05) is 6.61 Å². The minimum Gasteiger partial charge on any atom is -0.376 e. The van der Waals surface area contributed by atoms with Crippen molar-refractivity contribution in [2.24, 2.45) is 0 Å². The number of hydrogen-bond donors (Lipinski definition) is 0. The Balaban J connectivity index is 1.52. The van der Waals surface area contributed by atoms with Crippen molar-refractivity contribution in [3.8, 4) is 0 Å². The minimum absolute atomic E-state index is 0.00630. The summed E-state index contributed by atoms with van der Waals surface area (Å²) in [4.78, 5) is 30.6. The molecule has 2 aromatic heterocycles. The van der Waals surface area contributed by atoms with E-state index < -0.39 is 0 Å². The summed E-state index contributed by atoms with van der Waals surface area (Å²) in [6.07, 6.45) is 1.90. The van der Waals surface area contributed by atoms with Crippen molar-refractivity contribution < 1.29 is 4.74 Å². The first kappa shape index (κ1) is 19.0. The minimum atomic E-state index is -0.220. The molecule has 0 radical (unpaired) electrons. The highest BCUT2D eigenvalue weighted by Gasteiger charge is 2.20. The maximum absolute atomic E-state index is 13.1. The largest absolute Gasteiger partial charge is 0.376 e. The van der Waals surface area contributed by atoms with Gasteiger partial charge in [-0.05, 0) is 37.1 Å². The Morgan fingerprint density at radius 3 is 2.50 bits per heavy atom. The van der Waals surface area contributed by atoms with Crippen LogP contribution in [0, 0.1) is 0 Å². The van der Waals surface area contributed by atoms with Crippen molar-refractivity contribution in [3.05, 3.63) is 69.2 Å². The van der Waals surface area contributed by atoms with Gasteiger partial charge in [-0.25, -0.2) is 4.98 Å². The van der Waals surface area contributed by atoms with Crippen LogP contribution in [0.3, 0.4) is 0 Å². The first-order chi connectivity index (χ1) is 14.7. The van der Waals surface area contributed by atoms with Crippen LogP contribution >= 0.6 is 11.8 Å². The van der Waals surface area contributed by atoms with E-state index in [9.17, 15) is 9.59 Å². The number of hydrogen-bond acceptors (Lipinski definition) is 7. The van der Waals surface area contributed by atoms with Gasteiger partial charge in [-0.3, -0.25) is 14.2 Å². The van der Waals surface area contributed by atoms with Crippen LogP contribution in [0.5, 0.6) is 0 Å². The molecule has 0 aliphatic carbocycles. The van der Waals surface area contributed by atoms with Crippen molar-refractivity contribution in [2.75, 3.05) is 6.61 Å². The quantitative estimate of drug-likeness (QED) is 0.361. The van der Waals surface area contributed by atoms with Gasteiger partial charge >= 0.3 is 0 Å². The van der Waals surface area contributed by atoms with Gasteiger partial charge in [0.05, 0.1) is 34.8 Å². The molecule has 0 N–H and O–H groups in total. The maximum Gasteiger partial charge on any atom is 0.278 e. The topological polar surface area (TPSA) is 91.9 Å². The van der Waals surface area contributed by atoms with E-state index >= 15 is 0 Å². The standard InChI is InChI=1S/C21H19N5O3S/c27-19-15-7-1-3-9-17(15)22-21(25(19)12-14-6-5-11-29-14)30-13-26-20(28)16-8-2-4-10-18(16)23-24-26/h1-4,7-10,14H,5-6,11-13H2. The second-order valence-electron chi connectivity index (χ2n) is 7.15. The molecule has 0 bridgehead atoms. The van der Waals surface area contributed by atoms with Crippen LogP contribution in [0.1, 0.15) is 12.8 Å². The predicted octanol–water partition coefficient (Wildman–Crippen LogP) is 2.43. The Labute approximate surface area is 175 Å². The lowest BCUT2D eigenvalue weighted by atomic mass is 10.2. The van der Waals surface area contributed by atoms with Crippen molar-refractivity contribution >= 4 is 33.6 Å². The zero-order valence-corrected chi connectivity index (χ0v) is 16.9. The highest BCUT2D eigenvalue weighted by molar-refractivity contribution is 7.98. The van der Waals surface area contributed by atoms with E-state index in [1.807, 2.05) is 24.3 Å². The summed E-state index contributed by atoms with van der Waals surface area (Å²) in [5, 5.41) is 9.77. The zero-order valence-electron chi connectivity index (χ0n) is 16.1. The Morgan fingerprint density at radius 1 is 1.00 bits per heavy atom. The van der Waals surface area contributed by atoms with E-state index in [0.717, 1.165) is 12.8 Å². The average Bonchev–Trinajstić information content (AvgIpc) is 3.29. The fourth-order valence-corrected chi connectivity index (χ4v) is 4.52. The third-order valence-electron chi connectivity index (χ3n) is 5.18. The smallest absolute Gasteiger partial charge is 0.278 e. The number of thioether (sulfide) groups is 1. The van der Waals surface area contributed by atoms with Gasteiger partial charge in [-0.15, -0.1) is 5.10 Å². The molecule has 9 heteroatoms. The maximum atomic E-state index is 13.1. The second kappa shape index (κ2) is 8.00. The molecule has 2 aromatic carbocycles.